The molecule has 1 fully saturated rings. The van der Waals surface area contributed by atoms with Crippen LogP contribution in [0.2, 0.25) is 0 Å². The molecule has 0 radical (unpaired) electrons. The number of nitrogens with zero attached hydrogens (tertiary/aromatic N) is 2. The summed E-state index contributed by atoms with van der Waals surface area (Å²) in [6.07, 6.45) is 1.33. The molecule has 1 aromatic heterocycles. The van der Waals surface area contributed by atoms with Crippen LogP contribution < -0.4 is 5.32 Å². The summed E-state index contributed by atoms with van der Waals surface area (Å²) < 4.78 is 33.8. The van der Waals surface area contributed by atoms with Crippen molar-refractivity contribution in [1.82, 2.24) is 9.88 Å². The molecule has 152 valence electrons. The van der Waals surface area contributed by atoms with Gasteiger partial charge in [0.2, 0.25) is 0 Å². The zero-order valence-corrected chi connectivity index (χ0v) is 15.8. The Labute approximate surface area is 166 Å². The quantitative estimate of drug-likeness (QED) is 0.553. The molecule has 3 aromatic rings. The first-order chi connectivity index (χ1) is 14.1. The Balaban J connectivity index is 1.44. The number of morpholine rings is 1. The highest BCUT2D eigenvalue weighted by atomic mass is 19.1. The number of hydrogen-bond donors (Lipinski definition) is 3. The maximum absolute atomic E-state index is 14.4. The van der Waals surface area contributed by atoms with Gasteiger partial charge in [0.05, 0.1) is 35.7 Å². The highest BCUT2D eigenvalue weighted by molar-refractivity contribution is 6.02. The number of nitrogens with one attached hydrogen (secondary N) is 2. The third kappa shape index (κ3) is 4.38. The van der Waals surface area contributed by atoms with Crippen LogP contribution in [-0.2, 0) is 4.74 Å². The van der Waals surface area contributed by atoms with Crippen LogP contribution in [0.15, 0.2) is 41.4 Å². The number of fused-ring (bicyclic) bond motifs is 1. The van der Waals surface area contributed by atoms with Crippen LogP contribution in [0.25, 0.3) is 10.9 Å². The smallest absolute Gasteiger partial charge is 0.198 e. The highest BCUT2D eigenvalue weighted by Gasteiger charge is 2.13. The molecule has 0 bridgehead atoms. The number of benzene rings is 2. The lowest BCUT2D eigenvalue weighted by Gasteiger charge is -2.26. The molecule has 1 saturated heterocycles. The monoisotopic (exact) mass is 400 g/mol. The van der Waals surface area contributed by atoms with Crippen molar-refractivity contribution in [2.45, 2.75) is 0 Å². The third-order valence-electron chi connectivity index (χ3n) is 4.93. The van der Waals surface area contributed by atoms with E-state index in [2.05, 4.69) is 20.2 Å². The first kappa shape index (κ1) is 19.4. The van der Waals surface area contributed by atoms with Crippen molar-refractivity contribution in [1.29, 1.82) is 0 Å². The summed E-state index contributed by atoms with van der Waals surface area (Å²) >= 11 is 0. The fourth-order valence-electron chi connectivity index (χ4n) is 3.38. The van der Waals surface area contributed by atoms with Crippen molar-refractivity contribution < 1.29 is 18.6 Å². The van der Waals surface area contributed by atoms with Crippen LogP contribution in [-0.4, -0.2) is 60.6 Å². The zero-order valence-electron chi connectivity index (χ0n) is 15.8. The van der Waals surface area contributed by atoms with Gasteiger partial charge in [-0.3, -0.25) is 9.89 Å². The van der Waals surface area contributed by atoms with Crippen molar-refractivity contribution in [2.75, 3.05) is 44.7 Å². The molecule has 0 unspecified atom stereocenters. The molecule has 0 amide bonds. The molecule has 2 aromatic carbocycles. The Hall–Kier alpha value is -2.97. The van der Waals surface area contributed by atoms with E-state index in [9.17, 15) is 13.9 Å². The van der Waals surface area contributed by atoms with Crippen molar-refractivity contribution in [3.05, 3.63) is 53.6 Å². The van der Waals surface area contributed by atoms with Gasteiger partial charge in [0.1, 0.15) is 11.6 Å². The molecule has 0 aliphatic carbocycles. The summed E-state index contributed by atoms with van der Waals surface area (Å²) in [6, 6.07) is 9.11. The Morgan fingerprint density at radius 3 is 2.79 bits per heavy atom. The molecule has 0 saturated carbocycles. The van der Waals surface area contributed by atoms with Crippen LogP contribution in [0.3, 0.4) is 0 Å². The van der Waals surface area contributed by atoms with Gasteiger partial charge in [-0.15, -0.1) is 0 Å². The number of ether oxygens (including phenoxy) is 1. The number of aromatic nitrogens is 1. The second kappa shape index (κ2) is 8.59. The number of hydrogen-bond acceptors (Lipinski definition) is 5. The average Bonchev–Trinajstić information content (AvgIpc) is 3.05. The predicted octanol–water partition coefficient (Wildman–Crippen LogP) is 3.65. The maximum atomic E-state index is 14.4. The van der Waals surface area contributed by atoms with Crippen LogP contribution >= 0.6 is 0 Å². The van der Waals surface area contributed by atoms with E-state index in [1.807, 2.05) is 0 Å². The van der Waals surface area contributed by atoms with E-state index < -0.39 is 11.6 Å². The van der Waals surface area contributed by atoms with Crippen LogP contribution in [0.5, 0.6) is 5.88 Å². The lowest BCUT2D eigenvalue weighted by molar-refractivity contribution is 0.0398. The molecule has 6 nitrogen and oxygen atoms in total. The minimum atomic E-state index is -0.466. The molecule has 29 heavy (non-hydrogen) atoms. The van der Waals surface area contributed by atoms with E-state index in [1.54, 1.807) is 24.3 Å². The number of aromatic amines is 1. The van der Waals surface area contributed by atoms with Crippen LogP contribution in [0, 0.1) is 11.6 Å². The first-order valence-electron chi connectivity index (χ1n) is 9.48. The zero-order chi connectivity index (χ0) is 20.2. The maximum Gasteiger partial charge on any atom is 0.198 e. The van der Waals surface area contributed by atoms with E-state index in [1.165, 1.54) is 18.3 Å². The van der Waals surface area contributed by atoms with E-state index >= 15 is 0 Å². The Kier molecular flexibility index (Phi) is 5.73. The van der Waals surface area contributed by atoms with Crippen molar-refractivity contribution in [2.24, 2.45) is 4.99 Å². The fourth-order valence-corrected chi connectivity index (χ4v) is 3.38. The summed E-state index contributed by atoms with van der Waals surface area (Å²) in [5, 5.41) is 13.4. The standard InChI is InChI=1S/C21H22F2N4O2/c22-16-2-1-3-19-20(16)15(21(28)26-19)13-25-14-4-5-18(17(23)12-14)24-6-7-27-8-10-29-11-9-27/h1-5,12-13,24,26,28H,6-11H2. The topological polar surface area (TPSA) is 72.9 Å². The van der Waals surface area contributed by atoms with E-state index in [0.717, 1.165) is 32.8 Å². The molecule has 0 spiro atoms. The summed E-state index contributed by atoms with van der Waals surface area (Å²) in [6.45, 7) is 4.68. The summed E-state index contributed by atoms with van der Waals surface area (Å²) in [5.41, 5.74) is 1.46. The normalized spacial score (nSPS) is 15.4. The molecular formula is C21H22F2N4O2. The van der Waals surface area contributed by atoms with E-state index in [4.69, 9.17) is 4.74 Å². The lowest BCUT2D eigenvalue weighted by atomic mass is 10.1. The minimum absolute atomic E-state index is 0.185. The number of aliphatic imine (C=N–C) groups is 1. The summed E-state index contributed by atoms with van der Waals surface area (Å²) in [5.74, 6) is -1.07. The molecule has 4 rings (SSSR count). The summed E-state index contributed by atoms with van der Waals surface area (Å²) in [4.78, 5) is 9.16. The van der Waals surface area contributed by atoms with Gasteiger partial charge in [-0.1, -0.05) is 6.07 Å². The Bertz CT molecular complexity index is 1030. The van der Waals surface area contributed by atoms with Crippen molar-refractivity contribution in [3.8, 4) is 5.88 Å². The molecule has 1 aliphatic rings. The van der Waals surface area contributed by atoms with Crippen molar-refractivity contribution >= 4 is 28.5 Å². The molecule has 3 N–H and O–H groups in total. The second-order valence-electron chi connectivity index (χ2n) is 6.85. The lowest BCUT2D eigenvalue weighted by Crippen LogP contribution is -2.39. The van der Waals surface area contributed by atoms with Crippen LogP contribution in [0.1, 0.15) is 5.56 Å². The highest BCUT2D eigenvalue weighted by Crippen LogP contribution is 2.29. The van der Waals surface area contributed by atoms with Crippen molar-refractivity contribution in [3.63, 3.8) is 0 Å². The number of halogens is 2. The SMILES string of the molecule is Oc1[nH]c2cccc(F)c2c1C=Nc1ccc(NCCN2CCOCC2)c(F)c1. The van der Waals surface area contributed by atoms with Gasteiger partial charge >= 0.3 is 0 Å². The average molecular weight is 400 g/mol. The number of H-pyrrole nitrogens is 1. The fraction of sp³-hybridized carbons (Fsp3) is 0.286. The van der Waals surface area contributed by atoms with Gasteiger partial charge in [0, 0.05) is 43.8 Å². The van der Waals surface area contributed by atoms with Crippen LogP contribution in [0.4, 0.5) is 20.2 Å². The number of anilines is 1. The molecule has 8 heteroatoms. The predicted molar refractivity (Wildman–Crippen MR) is 109 cm³/mol. The van der Waals surface area contributed by atoms with Gasteiger partial charge in [-0.25, -0.2) is 8.78 Å². The number of rotatable bonds is 6. The Morgan fingerprint density at radius 1 is 1.17 bits per heavy atom. The van der Waals surface area contributed by atoms with Gasteiger partial charge in [-0.2, -0.15) is 0 Å². The Morgan fingerprint density at radius 2 is 2.00 bits per heavy atom. The van der Waals surface area contributed by atoms with Gasteiger partial charge in [0.25, 0.3) is 0 Å². The third-order valence-corrected chi connectivity index (χ3v) is 4.93. The van der Waals surface area contributed by atoms with Gasteiger partial charge < -0.3 is 20.1 Å². The first-order valence-corrected chi connectivity index (χ1v) is 9.48. The molecule has 0 atom stereocenters. The number of aromatic hydroxyl groups is 1. The molecular weight excluding hydrogens is 378 g/mol. The van der Waals surface area contributed by atoms with E-state index in [0.29, 0.717) is 23.4 Å². The second-order valence-corrected chi connectivity index (χ2v) is 6.85. The van der Waals surface area contributed by atoms with Gasteiger partial charge in [-0.05, 0) is 24.3 Å². The minimum Gasteiger partial charge on any atom is -0.494 e. The van der Waals surface area contributed by atoms with E-state index in [-0.39, 0.29) is 16.8 Å². The summed E-state index contributed by atoms with van der Waals surface area (Å²) in [7, 11) is 0. The molecule has 2 heterocycles. The molecule has 1 aliphatic heterocycles. The van der Waals surface area contributed by atoms with Gasteiger partial charge in [0.15, 0.2) is 5.88 Å². The largest absolute Gasteiger partial charge is 0.494 e.